The van der Waals surface area contributed by atoms with Crippen LogP contribution in [0.4, 0.5) is 0 Å². The largest absolute Gasteiger partial charge is 0.463 e. The molecular weight excluding hydrogens is 397 g/mol. The van der Waals surface area contributed by atoms with Crippen molar-refractivity contribution in [3.8, 4) is 0 Å². The Morgan fingerprint density at radius 1 is 1.05 bits per heavy atom. The number of hydrogen-bond donors (Lipinski definition) is 1. The summed E-state index contributed by atoms with van der Waals surface area (Å²) in [5, 5.41) is 0. The number of rotatable bonds is 4. The third-order valence-electron chi connectivity index (χ3n) is 2.70. The van der Waals surface area contributed by atoms with Crippen molar-refractivity contribution in [3.05, 3.63) is 0 Å². The molecule has 0 bridgehead atoms. The normalized spacial score (nSPS) is 32.1. The molecule has 1 aliphatic rings. The Balaban J connectivity index is 2.94. The highest BCUT2D eigenvalue weighted by molar-refractivity contribution is 14.1. The van der Waals surface area contributed by atoms with Crippen LogP contribution in [0.25, 0.3) is 0 Å². The molecular formula is C12H18INO7. The fourth-order valence-corrected chi connectivity index (χ4v) is 2.65. The summed E-state index contributed by atoms with van der Waals surface area (Å²) >= 11 is 1.97. The van der Waals surface area contributed by atoms with Gasteiger partial charge in [-0.15, -0.1) is 0 Å². The first-order chi connectivity index (χ1) is 9.72. The van der Waals surface area contributed by atoms with Crippen LogP contribution in [0.15, 0.2) is 0 Å². The predicted molar refractivity (Wildman–Crippen MR) is 78.4 cm³/mol. The smallest absolute Gasteiger partial charge is 0.303 e. The summed E-state index contributed by atoms with van der Waals surface area (Å²) in [6, 6.07) is 0. The van der Waals surface area contributed by atoms with Crippen molar-refractivity contribution in [3.63, 3.8) is 0 Å². The van der Waals surface area contributed by atoms with Crippen molar-refractivity contribution >= 4 is 40.5 Å². The Hall–Kier alpha value is -0.940. The molecule has 8 nitrogen and oxygen atoms in total. The van der Waals surface area contributed by atoms with Gasteiger partial charge in [-0.1, -0.05) is 22.6 Å². The van der Waals surface area contributed by atoms with Crippen LogP contribution in [-0.2, 0) is 33.3 Å². The van der Waals surface area contributed by atoms with Crippen LogP contribution in [0.1, 0.15) is 20.8 Å². The minimum Gasteiger partial charge on any atom is -0.463 e. The lowest BCUT2D eigenvalue weighted by Gasteiger charge is -2.42. The first-order valence-corrected chi connectivity index (χ1v) is 7.49. The Bertz CT molecular complexity index is 416. The summed E-state index contributed by atoms with van der Waals surface area (Å²) < 4.78 is 20.3. The molecule has 9 heteroatoms. The summed E-state index contributed by atoms with van der Waals surface area (Å²) in [6.07, 6.45) is -3.23. The Labute approximate surface area is 135 Å². The lowest BCUT2D eigenvalue weighted by atomic mass is 10.0. The predicted octanol–water partition coefficient (Wildman–Crippen LogP) is -0.0999. The molecule has 0 aromatic heterocycles. The SMILES string of the molecule is CC(=O)OC[C@H]1O[C@H](N)[C@@H](I)[C@@H](OC(C)=O)[C@@H]1OC(C)=O. The van der Waals surface area contributed by atoms with Crippen molar-refractivity contribution < 1.29 is 33.3 Å². The van der Waals surface area contributed by atoms with Crippen LogP contribution < -0.4 is 5.73 Å². The molecule has 1 fully saturated rings. The minimum atomic E-state index is -0.896. The van der Waals surface area contributed by atoms with Crippen LogP contribution in [0, 0.1) is 0 Å². The van der Waals surface area contributed by atoms with Crippen molar-refractivity contribution in [2.24, 2.45) is 5.73 Å². The maximum atomic E-state index is 11.3. The van der Waals surface area contributed by atoms with Crippen molar-refractivity contribution in [1.29, 1.82) is 0 Å². The molecule has 0 unspecified atom stereocenters. The summed E-state index contributed by atoms with van der Waals surface area (Å²) in [4.78, 5) is 33.4. The zero-order chi connectivity index (χ0) is 16.2. The zero-order valence-electron chi connectivity index (χ0n) is 11.9. The van der Waals surface area contributed by atoms with Gasteiger partial charge in [0, 0.05) is 20.8 Å². The van der Waals surface area contributed by atoms with E-state index in [1.807, 2.05) is 22.6 Å². The van der Waals surface area contributed by atoms with Gasteiger partial charge in [-0.05, 0) is 0 Å². The standard InChI is InChI=1S/C12H18INO7/c1-5(15)18-4-8-10(19-6(2)16)11(20-7(3)17)9(13)12(14)21-8/h8-12H,4,14H2,1-3H3/t8-,9+,10-,11-,12+/m1/s1. The van der Waals surface area contributed by atoms with E-state index < -0.39 is 46.4 Å². The average Bonchev–Trinajstić information content (AvgIpc) is 2.35. The average molecular weight is 415 g/mol. The van der Waals surface area contributed by atoms with E-state index in [4.69, 9.17) is 24.7 Å². The number of carbonyl (C=O) groups is 3. The van der Waals surface area contributed by atoms with E-state index in [0.29, 0.717) is 0 Å². The van der Waals surface area contributed by atoms with E-state index in [2.05, 4.69) is 0 Å². The molecule has 0 saturated carbocycles. The van der Waals surface area contributed by atoms with Crippen LogP contribution in [0.3, 0.4) is 0 Å². The fourth-order valence-electron chi connectivity index (χ4n) is 1.93. The zero-order valence-corrected chi connectivity index (χ0v) is 14.1. The maximum absolute atomic E-state index is 11.3. The molecule has 0 aromatic rings. The number of esters is 3. The van der Waals surface area contributed by atoms with Crippen molar-refractivity contribution in [2.45, 2.75) is 49.2 Å². The monoisotopic (exact) mass is 415 g/mol. The molecule has 1 aliphatic heterocycles. The van der Waals surface area contributed by atoms with Gasteiger partial charge in [-0.25, -0.2) is 0 Å². The number of nitrogens with two attached hydrogens (primary N) is 1. The lowest BCUT2D eigenvalue weighted by Crippen LogP contribution is -2.61. The second-order valence-corrected chi connectivity index (χ2v) is 5.97. The van der Waals surface area contributed by atoms with E-state index in [0.717, 1.165) is 0 Å². The third-order valence-corrected chi connectivity index (χ3v) is 4.12. The van der Waals surface area contributed by atoms with Gasteiger partial charge in [0.1, 0.15) is 18.9 Å². The van der Waals surface area contributed by atoms with Gasteiger partial charge in [0.25, 0.3) is 0 Å². The molecule has 0 aromatic carbocycles. The molecule has 1 heterocycles. The van der Waals surface area contributed by atoms with E-state index in [1.165, 1.54) is 20.8 Å². The Morgan fingerprint density at radius 2 is 1.57 bits per heavy atom. The first-order valence-electron chi connectivity index (χ1n) is 6.25. The Kier molecular flexibility index (Phi) is 6.81. The fraction of sp³-hybridized carbons (Fsp3) is 0.750. The van der Waals surface area contributed by atoms with Gasteiger partial charge in [0.2, 0.25) is 0 Å². The van der Waals surface area contributed by atoms with Crippen LogP contribution in [0.5, 0.6) is 0 Å². The van der Waals surface area contributed by atoms with Gasteiger partial charge < -0.3 is 24.7 Å². The number of halogens is 1. The van der Waals surface area contributed by atoms with Gasteiger partial charge in [-0.3, -0.25) is 14.4 Å². The Morgan fingerprint density at radius 3 is 2.05 bits per heavy atom. The second-order valence-electron chi connectivity index (χ2n) is 4.53. The summed E-state index contributed by atoms with van der Waals surface area (Å²) in [7, 11) is 0. The van der Waals surface area contributed by atoms with Gasteiger partial charge in [-0.2, -0.15) is 0 Å². The molecule has 1 saturated heterocycles. The van der Waals surface area contributed by atoms with E-state index in [9.17, 15) is 14.4 Å². The van der Waals surface area contributed by atoms with Crippen LogP contribution in [-0.4, -0.2) is 53.0 Å². The van der Waals surface area contributed by atoms with Gasteiger partial charge >= 0.3 is 17.9 Å². The molecule has 0 amide bonds. The van der Waals surface area contributed by atoms with Crippen molar-refractivity contribution in [2.75, 3.05) is 6.61 Å². The summed E-state index contributed by atoms with van der Waals surface area (Å²) in [5.41, 5.74) is 5.83. The molecule has 21 heavy (non-hydrogen) atoms. The highest BCUT2D eigenvalue weighted by Gasteiger charge is 2.48. The van der Waals surface area contributed by atoms with E-state index >= 15 is 0 Å². The topological polar surface area (TPSA) is 114 Å². The molecule has 0 radical (unpaired) electrons. The van der Waals surface area contributed by atoms with Gasteiger partial charge in [0.05, 0.1) is 3.92 Å². The highest BCUT2D eigenvalue weighted by atomic mass is 127. The summed E-state index contributed by atoms with van der Waals surface area (Å²) in [6.45, 7) is 3.57. The van der Waals surface area contributed by atoms with Crippen LogP contribution >= 0.6 is 22.6 Å². The number of carbonyl (C=O) groups excluding carboxylic acids is 3. The second kappa shape index (κ2) is 7.90. The molecule has 1 rings (SSSR count). The minimum absolute atomic E-state index is 0.151. The number of hydrogen-bond acceptors (Lipinski definition) is 8. The third kappa shape index (κ3) is 5.40. The highest BCUT2D eigenvalue weighted by Crippen LogP contribution is 2.29. The number of ether oxygens (including phenoxy) is 4. The maximum Gasteiger partial charge on any atom is 0.303 e. The number of alkyl halides is 1. The van der Waals surface area contributed by atoms with E-state index in [-0.39, 0.29) is 6.61 Å². The lowest BCUT2D eigenvalue weighted by molar-refractivity contribution is -0.210. The van der Waals surface area contributed by atoms with E-state index in [1.54, 1.807) is 0 Å². The quantitative estimate of drug-likeness (QED) is 0.293. The van der Waals surface area contributed by atoms with Crippen LogP contribution in [0.2, 0.25) is 0 Å². The summed E-state index contributed by atoms with van der Waals surface area (Å²) in [5.74, 6) is -1.60. The molecule has 0 spiro atoms. The molecule has 120 valence electrons. The van der Waals surface area contributed by atoms with Gasteiger partial charge in [0.15, 0.2) is 12.2 Å². The molecule has 2 N–H and O–H groups in total. The van der Waals surface area contributed by atoms with Crippen molar-refractivity contribution in [1.82, 2.24) is 0 Å². The first kappa shape index (κ1) is 18.1. The molecule has 0 aliphatic carbocycles. The molecule has 5 atom stereocenters.